The number of phenols is 1. The van der Waals surface area contributed by atoms with Crippen molar-refractivity contribution in [2.45, 2.75) is 19.3 Å². The molecule has 0 aliphatic heterocycles. The molecule has 0 unspecified atom stereocenters. The third-order valence-corrected chi connectivity index (χ3v) is 5.03. The second-order valence-corrected chi connectivity index (χ2v) is 6.29. The summed E-state index contributed by atoms with van der Waals surface area (Å²) in [7, 11) is 0. The Balaban J connectivity index is 1.98. The highest BCUT2D eigenvalue weighted by Gasteiger charge is 2.24. The molecule has 5 rings (SSSR count). The fourth-order valence-corrected chi connectivity index (χ4v) is 4.07. The van der Waals surface area contributed by atoms with Crippen LogP contribution in [0.4, 0.5) is 0 Å². The van der Waals surface area contributed by atoms with E-state index in [0.717, 1.165) is 29.3 Å². The highest BCUT2D eigenvalue weighted by Crippen LogP contribution is 2.40. The van der Waals surface area contributed by atoms with Crippen LogP contribution in [0, 0.1) is 0 Å². The Morgan fingerprint density at radius 1 is 0.783 bits per heavy atom. The van der Waals surface area contributed by atoms with E-state index >= 15 is 0 Å². The molecule has 2 heteroatoms. The number of hydrogen-bond donors (Lipinski definition) is 1. The van der Waals surface area contributed by atoms with Crippen molar-refractivity contribution in [3.8, 4) is 11.4 Å². The van der Waals surface area contributed by atoms with Gasteiger partial charge >= 0.3 is 0 Å². The number of aromatic nitrogens is 1. The number of hydrogen-bond acceptors (Lipinski definition) is 1. The summed E-state index contributed by atoms with van der Waals surface area (Å²) in [6.07, 6.45) is 3.40. The maximum atomic E-state index is 10.7. The van der Waals surface area contributed by atoms with E-state index in [0.29, 0.717) is 5.75 Å². The van der Waals surface area contributed by atoms with Gasteiger partial charge in [-0.3, -0.25) is 0 Å². The van der Waals surface area contributed by atoms with Gasteiger partial charge in [0.05, 0.1) is 11.2 Å². The molecule has 0 atom stereocenters. The summed E-state index contributed by atoms with van der Waals surface area (Å²) in [4.78, 5) is 0. The summed E-state index contributed by atoms with van der Waals surface area (Å²) in [5.41, 5.74) is 4.93. The van der Waals surface area contributed by atoms with Crippen molar-refractivity contribution < 1.29 is 5.11 Å². The lowest BCUT2D eigenvalue weighted by molar-refractivity contribution is 0.473. The molecule has 1 aromatic heterocycles. The van der Waals surface area contributed by atoms with Gasteiger partial charge in [0.15, 0.2) is 0 Å². The number of aromatic hydroxyl groups is 1. The Morgan fingerprint density at radius 2 is 1.57 bits per heavy atom. The van der Waals surface area contributed by atoms with E-state index in [1.807, 2.05) is 24.3 Å². The zero-order valence-corrected chi connectivity index (χ0v) is 12.8. The molecule has 1 heterocycles. The monoisotopic (exact) mass is 299 g/mol. The van der Waals surface area contributed by atoms with Crippen LogP contribution in [-0.4, -0.2) is 9.67 Å². The molecule has 1 aliphatic carbocycles. The van der Waals surface area contributed by atoms with E-state index in [4.69, 9.17) is 0 Å². The summed E-state index contributed by atoms with van der Waals surface area (Å²) in [6.45, 7) is 0. The molecule has 0 bridgehead atoms. The Bertz CT molecular complexity index is 1060. The molecule has 112 valence electrons. The van der Waals surface area contributed by atoms with Crippen LogP contribution in [0.5, 0.6) is 5.75 Å². The highest BCUT2D eigenvalue weighted by molar-refractivity contribution is 5.97. The highest BCUT2D eigenvalue weighted by atomic mass is 16.3. The minimum atomic E-state index is 0.346. The maximum Gasteiger partial charge on any atom is 0.140 e. The summed E-state index contributed by atoms with van der Waals surface area (Å²) >= 11 is 0. The van der Waals surface area contributed by atoms with Crippen LogP contribution in [0.15, 0.2) is 60.7 Å². The predicted octanol–water partition coefficient (Wildman–Crippen LogP) is 4.98. The lowest BCUT2D eigenvalue weighted by atomic mass is 10.1. The largest absolute Gasteiger partial charge is 0.506 e. The van der Waals surface area contributed by atoms with Crippen LogP contribution in [0.25, 0.3) is 27.4 Å². The van der Waals surface area contributed by atoms with E-state index < -0.39 is 0 Å². The fourth-order valence-electron chi connectivity index (χ4n) is 4.07. The van der Waals surface area contributed by atoms with E-state index in [1.165, 1.54) is 28.6 Å². The lowest BCUT2D eigenvalue weighted by Crippen LogP contribution is -2.00. The summed E-state index contributed by atoms with van der Waals surface area (Å²) in [6, 6.07) is 20.6. The third-order valence-electron chi connectivity index (χ3n) is 5.03. The van der Waals surface area contributed by atoms with E-state index in [-0.39, 0.29) is 0 Å². The molecule has 3 aromatic carbocycles. The molecular weight excluding hydrogens is 282 g/mol. The SMILES string of the molecule is Oc1ccc2ccccc2c1-n1c2c(c3ccccc31)CCC2. The standard InChI is InChI=1S/C21H17NO/c23-20-13-12-14-6-1-2-7-15(14)21(20)22-18-10-4-3-8-16(18)17-9-5-11-19(17)22/h1-4,6-8,10,12-13,23H,5,9,11H2. The second-order valence-electron chi connectivity index (χ2n) is 6.29. The van der Waals surface area contributed by atoms with Crippen LogP contribution in [0.1, 0.15) is 17.7 Å². The quantitative estimate of drug-likeness (QED) is 0.527. The van der Waals surface area contributed by atoms with Crippen molar-refractivity contribution in [3.05, 3.63) is 71.9 Å². The Labute approximate surface area is 134 Å². The molecular formula is C21H17NO. The van der Waals surface area contributed by atoms with Gasteiger partial charge in [-0.1, -0.05) is 48.5 Å². The number of para-hydroxylation sites is 1. The van der Waals surface area contributed by atoms with Gasteiger partial charge in [0.2, 0.25) is 0 Å². The topological polar surface area (TPSA) is 25.2 Å². The first-order valence-corrected chi connectivity index (χ1v) is 8.17. The Kier molecular flexibility index (Phi) is 2.57. The van der Waals surface area contributed by atoms with E-state index in [9.17, 15) is 5.11 Å². The number of phenolic OH excluding ortho intramolecular Hbond substituents is 1. The van der Waals surface area contributed by atoms with Crippen molar-refractivity contribution >= 4 is 21.7 Å². The predicted molar refractivity (Wildman–Crippen MR) is 94.5 cm³/mol. The second kappa shape index (κ2) is 4.63. The van der Waals surface area contributed by atoms with Crippen molar-refractivity contribution in [3.63, 3.8) is 0 Å². The van der Waals surface area contributed by atoms with Crippen molar-refractivity contribution in [1.29, 1.82) is 0 Å². The van der Waals surface area contributed by atoms with Gasteiger partial charge in [-0.25, -0.2) is 0 Å². The van der Waals surface area contributed by atoms with E-state index in [2.05, 4.69) is 41.0 Å². The molecule has 4 aromatic rings. The van der Waals surface area contributed by atoms with Crippen LogP contribution in [0.2, 0.25) is 0 Å². The average molecular weight is 299 g/mol. The number of aryl methyl sites for hydroxylation is 1. The van der Waals surface area contributed by atoms with Crippen molar-refractivity contribution in [2.75, 3.05) is 0 Å². The molecule has 1 N–H and O–H groups in total. The van der Waals surface area contributed by atoms with Crippen LogP contribution in [-0.2, 0) is 12.8 Å². The first kappa shape index (κ1) is 12.8. The normalized spacial score (nSPS) is 13.7. The minimum Gasteiger partial charge on any atom is -0.506 e. The molecule has 1 aliphatic rings. The number of rotatable bonds is 1. The molecule has 23 heavy (non-hydrogen) atoms. The molecule has 2 nitrogen and oxygen atoms in total. The van der Waals surface area contributed by atoms with Crippen molar-refractivity contribution in [2.24, 2.45) is 0 Å². The van der Waals surface area contributed by atoms with Crippen LogP contribution >= 0.6 is 0 Å². The molecule has 0 fully saturated rings. The maximum absolute atomic E-state index is 10.7. The molecule has 0 spiro atoms. The van der Waals surface area contributed by atoms with Gasteiger partial charge in [-0.2, -0.15) is 0 Å². The van der Waals surface area contributed by atoms with Gasteiger partial charge in [-0.15, -0.1) is 0 Å². The number of benzene rings is 3. The summed E-state index contributed by atoms with van der Waals surface area (Å²) in [5, 5.41) is 14.2. The molecule has 0 saturated heterocycles. The fraction of sp³-hybridized carbons (Fsp3) is 0.143. The molecule has 0 amide bonds. The van der Waals surface area contributed by atoms with Crippen molar-refractivity contribution in [1.82, 2.24) is 4.57 Å². The van der Waals surface area contributed by atoms with Gasteiger partial charge in [0.1, 0.15) is 5.75 Å². The third kappa shape index (κ3) is 1.69. The molecule has 0 radical (unpaired) electrons. The number of fused-ring (bicyclic) bond motifs is 4. The smallest absolute Gasteiger partial charge is 0.140 e. The first-order chi connectivity index (χ1) is 11.3. The Morgan fingerprint density at radius 3 is 2.48 bits per heavy atom. The molecule has 0 saturated carbocycles. The van der Waals surface area contributed by atoms with Gasteiger partial charge in [0, 0.05) is 16.5 Å². The average Bonchev–Trinajstić information content (AvgIpc) is 3.16. The van der Waals surface area contributed by atoms with Crippen LogP contribution < -0.4 is 0 Å². The summed E-state index contributed by atoms with van der Waals surface area (Å²) in [5.74, 6) is 0.346. The van der Waals surface area contributed by atoms with Gasteiger partial charge in [-0.05, 0) is 42.3 Å². The minimum absolute atomic E-state index is 0.346. The zero-order valence-electron chi connectivity index (χ0n) is 12.8. The van der Waals surface area contributed by atoms with Gasteiger partial charge in [0.25, 0.3) is 0 Å². The summed E-state index contributed by atoms with van der Waals surface area (Å²) < 4.78 is 2.29. The van der Waals surface area contributed by atoms with Crippen LogP contribution in [0.3, 0.4) is 0 Å². The number of nitrogens with zero attached hydrogens (tertiary/aromatic N) is 1. The van der Waals surface area contributed by atoms with E-state index in [1.54, 1.807) is 0 Å². The Hall–Kier alpha value is -2.74. The first-order valence-electron chi connectivity index (χ1n) is 8.17. The zero-order chi connectivity index (χ0) is 15.4. The lowest BCUT2D eigenvalue weighted by Gasteiger charge is -2.14. The van der Waals surface area contributed by atoms with Gasteiger partial charge < -0.3 is 9.67 Å².